The smallest absolute Gasteiger partial charge is 0.274 e. The maximum absolute atomic E-state index is 11.0. The van der Waals surface area contributed by atoms with Crippen LogP contribution in [0.5, 0.6) is 0 Å². The zero-order valence-corrected chi connectivity index (χ0v) is 8.51. The van der Waals surface area contributed by atoms with Gasteiger partial charge in [-0.2, -0.15) is 8.42 Å². The largest absolute Gasteiger partial charge is 0.324 e. The number of hydrogen-bond acceptors (Lipinski definition) is 3. The van der Waals surface area contributed by atoms with Crippen molar-refractivity contribution in [3.8, 4) is 0 Å². The molecule has 0 spiro atoms. The monoisotopic (exact) mass is 223 g/mol. The van der Waals surface area contributed by atoms with Crippen molar-refractivity contribution in [2.75, 3.05) is 0 Å². The summed E-state index contributed by atoms with van der Waals surface area (Å²) in [6, 6.07) is -0.149. The van der Waals surface area contributed by atoms with E-state index in [2.05, 4.69) is 0 Å². The third-order valence-electron chi connectivity index (χ3n) is 2.86. The van der Waals surface area contributed by atoms with E-state index in [-0.39, 0.29) is 11.9 Å². The molecule has 1 saturated carbocycles. The van der Waals surface area contributed by atoms with Crippen LogP contribution in [0.2, 0.25) is 0 Å². The SMILES string of the molecule is O=C1CC(C2CCC2)N1S(=O)(=O)Cl. The van der Waals surface area contributed by atoms with Gasteiger partial charge in [0.05, 0.1) is 6.04 Å². The molecule has 2 aliphatic rings. The molecule has 0 N–H and O–H groups in total. The zero-order chi connectivity index (χ0) is 9.64. The summed E-state index contributed by atoms with van der Waals surface area (Å²) < 4.78 is 22.7. The maximum atomic E-state index is 11.0. The summed E-state index contributed by atoms with van der Waals surface area (Å²) in [4.78, 5) is 11.0. The molecule has 1 aliphatic heterocycles. The Morgan fingerprint density at radius 2 is 2.00 bits per heavy atom. The standard InChI is InChI=1S/C7H10ClNO3S/c8-13(11,12)9-6(4-7(9)10)5-2-1-3-5/h5-6H,1-4H2. The molecule has 0 aromatic rings. The Morgan fingerprint density at radius 1 is 1.38 bits per heavy atom. The van der Waals surface area contributed by atoms with Gasteiger partial charge in [0.15, 0.2) is 0 Å². The van der Waals surface area contributed by atoms with Gasteiger partial charge in [-0.25, -0.2) is 4.31 Å². The first-order chi connectivity index (χ1) is 6.00. The van der Waals surface area contributed by atoms with E-state index in [0.29, 0.717) is 12.3 Å². The quantitative estimate of drug-likeness (QED) is 0.516. The molecule has 2 fully saturated rings. The highest BCUT2D eigenvalue weighted by molar-refractivity contribution is 8.12. The van der Waals surface area contributed by atoms with E-state index in [1.54, 1.807) is 0 Å². The first-order valence-electron chi connectivity index (χ1n) is 4.27. The first kappa shape index (κ1) is 9.27. The van der Waals surface area contributed by atoms with Crippen molar-refractivity contribution in [1.29, 1.82) is 0 Å². The van der Waals surface area contributed by atoms with Crippen molar-refractivity contribution in [1.82, 2.24) is 4.31 Å². The number of β-lactam (4-membered cyclic amide) rings is 1. The van der Waals surface area contributed by atoms with Gasteiger partial charge >= 0.3 is 9.24 Å². The van der Waals surface area contributed by atoms with Crippen LogP contribution in [0.15, 0.2) is 0 Å². The van der Waals surface area contributed by atoms with Crippen molar-refractivity contribution >= 4 is 25.8 Å². The van der Waals surface area contributed by atoms with E-state index in [0.717, 1.165) is 23.6 Å². The summed E-state index contributed by atoms with van der Waals surface area (Å²) in [5.74, 6) is -0.0156. The molecule has 0 bridgehead atoms. The molecular formula is C7H10ClNO3S. The Kier molecular flexibility index (Phi) is 2.03. The van der Waals surface area contributed by atoms with Crippen LogP contribution in [0.25, 0.3) is 0 Å². The van der Waals surface area contributed by atoms with Gasteiger partial charge in [-0.1, -0.05) is 6.42 Å². The average molecular weight is 224 g/mol. The minimum Gasteiger partial charge on any atom is -0.274 e. The molecule has 1 aliphatic carbocycles. The highest BCUT2D eigenvalue weighted by atomic mass is 35.7. The van der Waals surface area contributed by atoms with Gasteiger partial charge < -0.3 is 0 Å². The van der Waals surface area contributed by atoms with Gasteiger partial charge in [-0.05, 0) is 18.8 Å². The number of carbonyl (C=O) groups is 1. The lowest BCUT2D eigenvalue weighted by molar-refractivity contribution is -0.140. The van der Waals surface area contributed by atoms with E-state index in [1.807, 2.05) is 0 Å². The molecule has 2 rings (SSSR count). The number of nitrogens with zero attached hydrogens (tertiary/aromatic N) is 1. The van der Waals surface area contributed by atoms with Crippen molar-refractivity contribution in [2.24, 2.45) is 5.92 Å². The fraction of sp³-hybridized carbons (Fsp3) is 0.857. The number of rotatable bonds is 2. The van der Waals surface area contributed by atoms with Gasteiger partial charge in [0, 0.05) is 17.1 Å². The zero-order valence-electron chi connectivity index (χ0n) is 6.94. The van der Waals surface area contributed by atoms with Crippen molar-refractivity contribution < 1.29 is 13.2 Å². The number of hydrogen-bond donors (Lipinski definition) is 0. The molecule has 6 heteroatoms. The Labute approximate surface area is 81.4 Å². The second-order valence-electron chi connectivity index (χ2n) is 3.59. The second-order valence-corrected chi connectivity index (χ2v) is 5.98. The summed E-state index contributed by atoms with van der Waals surface area (Å²) in [7, 11) is 1.30. The molecule has 1 atom stereocenters. The van der Waals surface area contributed by atoms with Crippen LogP contribution in [0.3, 0.4) is 0 Å². The van der Waals surface area contributed by atoms with Crippen LogP contribution < -0.4 is 0 Å². The average Bonchev–Trinajstić information content (AvgIpc) is 1.76. The first-order valence-corrected chi connectivity index (χ1v) is 6.53. The van der Waals surface area contributed by atoms with E-state index < -0.39 is 9.24 Å². The molecule has 74 valence electrons. The predicted octanol–water partition coefficient (Wildman–Crippen LogP) is 0.871. The lowest BCUT2D eigenvalue weighted by Gasteiger charge is -2.45. The molecule has 0 aromatic heterocycles. The van der Waals surface area contributed by atoms with E-state index in [1.165, 1.54) is 0 Å². The summed E-state index contributed by atoms with van der Waals surface area (Å²) in [6.45, 7) is 0. The highest BCUT2D eigenvalue weighted by Gasteiger charge is 2.48. The van der Waals surface area contributed by atoms with Crippen LogP contribution in [-0.2, 0) is 14.0 Å². The third-order valence-corrected chi connectivity index (χ3v) is 4.25. The fourth-order valence-corrected chi connectivity index (χ4v) is 3.32. The molecule has 13 heavy (non-hydrogen) atoms. The van der Waals surface area contributed by atoms with Gasteiger partial charge in [-0.3, -0.25) is 4.79 Å². The minimum atomic E-state index is -3.83. The summed E-state index contributed by atoms with van der Waals surface area (Å²) in [6.07, 6.45) is 3.50. The molecule has 0 aromatic carbocycles. The van der Waals surface area contributed by atoms with Crippen LogP contribution in [0, 0.1) is 5.92 Å². The Hall–Kier alpha value is -0.290. The molecule has 1 unspecified atom stereocenters. The highest BCUT2D eigenvalue weighted by Crippen LogP contribution is 2.40. The van der Waals surface area contributed by atoms with E-state index >= 15 is 0 Å². The van der Waals surface area contributed by atoms with Crippen LogP contribution >= 0.6 is 10.7 Å². The second kappa shape index (κ2) is 2.85. The Morgan fingerprint density at radius 3 is 2.31 bits per heavy atom. The van der Waals surface area contributed by atoms with Crippen molar-refractivity contribution in [2.45, 2.75) is 31.7 Å². The number of amides is 1. The molecule has 1 amide bonds. The fourth-order valence-electron chi connectivity index (χ4n) is 1.89. The van der Waals surface area contributed by atoms with Gasteiger partial charge in [0.2, 0.25) is 5.91 Å². The predicted molar refractivity (Wildman–Crippen MR) is 47.4 cm³/mol. The molecule has 4 nitrogen and oxygen atoms in total. The lowest BCUT2D eigenvalue weighted by Crippen LogP contribution is -2.58. The molecule has 1 heterocycles. The molecule has 0 radical (unpaired) electrons. The molecular weight excluding hydrogens is 214 g/mol. The molecule has 1 saturated heterocycles. The van der Waals surface area contributed by atoms with Gasteiger partial charge in [-0.15, -0.1) is 0 Å². The van der Waals surface area contributed by atoms with Gasteiger partial charge in [0.1, 0.15) is 0 Å². The number of halogens is 1. The van der Waals surface area contributed by atoms with E-state index in [4.69, 9.17) is 10.7 Å². The Bertz CT molecular complexity index is 336. The van der Waals surface area contributed by atoms with Crippen LogP contribution in [-0.4, -0.2) is 24.7 Å². The van der Waals surface area contributed by atoms with Gasteiger partial charge in [0.25, 0.3) is 0 Å². The van der Waals surface area contributed by atoms with E-state index in [9.17, 15) is 13.2 Å². The lowest BCUT2D eigenvalue weighted by atomic mass is 9.76. The normalized spacial score (nSPS) is 29.8. The Balaban J connectivity index is 2.12. The third kappa shape index (κ3) is 1.44. The topological polar surface area (TPSA) is 54.5 Å². The van der Waals surface area contributed by atoms with Crippen molar-refractivity contribution in [3.05, 3.63) is 0 Å². The van der Waals surface area contributed by atoms with Crippen LogP contribution in [0.4, 0.5) is 0 Å². The summed E-state index contributed by atoms with van der Waals surface area (Å²) in [5.41, 5.74) is 0. The minimum absolute atomic E-state index is 0.149. The van der Waals surface area contributed by atoms with Crippen LogP contribution in [0.1, 0.15) is 25.7 Å². The maximum Gasteiger partial charge on any atom is 0.324 e. The summed E-state index contributed by atoms with van der Waals surface area (Å²) in [5, 5.41) is 0. The summed E-state index contributed by atoms with van der Waals surface area (Å²) >= 11 is 0. The number of carbonyl (C=O) groups excluding carboxylic acids is 1. The van der Waals surface area contributed by atoms with Crippen molar-refractivity contribution in [3.63, 3.8) is 0 Å².